The van der Waals surface area contributed by atoms with Gasteiger partial charge in [-0.2, -0.15) is 14.5 Å². The first-order chi connectivity index (χ1) is 11.1. The molecule has 0 aliphatic heterocycles. The summed E-state index contributed by atoms with van der Waals surface area (Å²) in [5.41, 5.74) is 0.874. The average molecular weight is 337 g/mol. The number of methoxy groups -OCH3 is 1. The van der Waals surface area contributed by atoms with Gasteiger partial charge in [-0.3, -0.25) is 4.68 Å². The highest BCUT2D eigenvalue weighted by Crippen LogP contribution is 2.24. The van der Waals surface area contributed by atoms with E-state index >= 15 is 0 Å². The lowest BCUT2D eigenvalue weighted by Gasteiger charge is -2.04. The monoisotopic (exact) mass is 336 g/mol. The molecule has 3 rings (SSSR count). The summed E-state index contributed by atoms with van der Waals surface area (Å²) >= 11 is 5.71. The van der Waals surface area contributed by atoms with Crippen molar-refractivity contribution in [2.45, 2.75) is 6.54 Å². The van der Waals surface area contributed by atoms with Crippen LogP contribution in [0.5, 0.6) is 5.88 Å². The molecule has 0 bridgehead atoms. The van der Waals surface area contributed by atoms with E-state index in [4.69, 9.17) is 16.3 Å². The lowest BCUT2D eigenvalue weighted by Crippen LogP contribution is -2.03. The number of halogens is 3. The van der Waals surface area contributed by atoms with E-state index in [0.29, 0.717) is 11.3 Å². The molecule has 0 saturated carbocycles. The minimum absolute atomic E-state index is 0.125. The van der Waals surface area contributed by atoms with Gasteiger partial charge in [0.05, 0.1) is 13.7 Å². The number of ether oxygens (including phenoxy) is 1. The van der Waals surface area contributed by atoms with Crippen molar-refractivity contribution in [3.05, 3.63) is 58.9 Å². The van der Waals surface area contributed by atoms with Crippen molar-refractivity contribution < 1.29 is 13.5 Å². The molecule has 0 aliphatic rings. The molecule has 0 N–H and O–H groups in total. The Kier molecular flexibility index (Phi) is 4.20. The molecule has 2 heterocycles. The molecule has 0 aliphatic carbocycles. The van der Waals surface area contributed by atoms with Crippen LogP contribution in [0.4, 0.5) is 8.78 Å². The standard InChI is InChI=1S/C15H11ClF2N4O/c1-23-15-12(18)13(16)19-14(20-15)11-6-7-22(21-11)8-9-4-2-3-5-10(9)17/h2-7H,8H2,1H3. The summed E-state index contributed by atoms with van der Waals surface area (Å²) in [6.45, 7) is 0.249. The van der Waals surface area contributed by atoms with Gasteiger partial charge in [-0.1, -0.05) is 29.8 Å². The summed E-state index contributed by atoms with van der Waals surface area (Å²) in [6.07, 6.45) is 1.65. The lowest BCUT2D eigenvalue weighted by atomic mass is 10.2. The second kappa shape index (κ2) is 6.29. The number of benzene rings is 1. The van der Waals surface area contributed by atoms with Crippen LogP contribution >= 0.6 is 11.6 Å². The maximum atomic E-state index is 13.7. The van der Waals surface area contributed by atoms with Gasteiger partial charge in [-0.05, 0) is 12.1 Å². The van der Waals surface area contributed by atoms with Crippen LogP contribution in [-0.2, 0) is 6.54 Å². The van der Waals surface area contributed by atoms with Gasteiger partial charge >= 0.3 is 0 Å². The van der Waals surface area contributed by atoms with Gasteiger partial charge < -0.3 is 4.74 Å². The van der Waals surface area contributed by atoms with E-state index in [9.17, 15) is 8.78 Å². The molecule has 0 radical (unpaired) electrons. The van der Waals surface area contributed by atoms with Crippen molar-refractivity contribution in [3.63, 3.8) is 0 Å². The third-order valence-corrected chi connectivity index (χ3v) is 3.38. The zero-order valence-corrected chi connectivity index (χ0v) is 12.8. The second-order valence-electron chi connectivity index (χ2n) is 4.65. The maximum absolute atomic E-state index is 13.7. The molecular weight excluding hydrogens is 326 g/mol. The molecule has 0 fully saturated rings. The molecule has 8 heteroatoms. The van der Waals surface area contributed by atoms with Crippen molar-refractivity contribution >= 4 is 11.6 Å². The van der Waals surface area contributed by atoms with Gasteiger partial charge in [-0.25, -0.2) is 9.37 Å². The fourth-order valence-electron chi connectivity index (χ4n) is 2.02. The molecule has 0 spiro atoms. The zero-order chi connectivity index (χ0) is 16.4. The minimum Gasteiger partial charge on any atom is -0.479 e. The van der Waals surface area contributed by atoms with Gasteiger partial charge in [0.25, 0.3) is 5.88 Å². The third kappa shape index (κ3) is 3.14. The summed E-state index contributed by atoms with van der Waals surface area (Å²) < 4.78 is 33.6. The Balaban J connectivity index is 1.90. The van der Waals surface area contributed by atoms with Crippen LogP contribution in [0.2, 0.25) is 5.15 Å². The summed E-state index contributed by atoms with van der Waals surface area (Å²) in [4.78, 5) is 7.76. The Hall–Kier alpha value is -2.54. The highest BCUT2D eigenvalue weighted by molar-refractivity contribution is 6.29. The van der Waals surface area contributed by atoms with E-state index in [2.05, 4.69) is 15.1 Å². The van der Waals surface area contributed by atoms with Crippen LogP contribution in [0.1, 0.15) is 5.56 Å². The fourth-order valence-corrected chi connectivity index (χ4v) is 2.18. The molecule has 2 aromatic heterocycles. The molecule has 0 amide bonds. The molecule has 0 saturated heterocycles. The summed E-state index contributed by atoms with van der Waals surface area (Å²) in [5, 5.41) is 3.90. The fraction of sp³-hybridized carbons (Fsp3) is 0.133. The first kappa shape index (κ1) is 15.4. The maximum Gasteiger partial charge on any atom is 0.255 e. The number of aromatic nitrogens is 4. The van der Waals surface area contributed by atoms with Crippen LogP contribution < -0.4 is 4.74 Å². The van der Waals surface area contributed by atoms with Crippen molar-refractivity contribution in [2.75, 3.05) is 7.11 Å². The molecule has 3 aromatic rings. The van der Waals surface area contributed by atoms with Gasteiger partial charge in [0.1, 0.15) is 11.5 Å². The Morgan fingerprint density at radius 1 is 1.17 bits per heavy atom. The predicted molar refractivity (Wildman–Crippen MR) is 80.3 cm³/mol. The SMILES string of the molecule is COc1nc(-c2ccn(Cc3ccccc3F)n2)nc(Cl)c1F. The number of nitrogens with zero attached hydrogens (tertiary/aromatic N) is 4. The third-order valence-electron chi connectivity index (χ3n) is 3.13. The quantitative estimate of drug-likeness (QED) is 0.686. The highest BCUT2D eigenvalue weighted by Gasteiger charge is 2.16. The van der Waals surface area contributed by atoms with E-state index in [0.717, 1.165) is 0 Å². The first-order valence-electron chi connectivity index (χ1n) is 6.62. The highest BCUT2D eigenvalue weighted by atomic mass is 35.5. The van der Waals surface area contributed by atoms with E-state index < -0.39 is 5.82 Å². The Labute approximate surface area is 135 Å². The van der Waals surface area contributed by atoms with E-state index in [1.54, 1.807) is 30.5 Å². The smallest absolute Gasteiger partial charge is 0.255 e. The lowest BCUT2D eigenvalue weighted by molar-refractivity contribution is 0.368. The molecule has 0 atom stereocenters. The Bertz CT molecular complexity index is 853. The van der Waals surface area contributed by atoms with Crippen LogP contribution in [0.15, 0.2) is 36.5 Å². The number of rotatable bonds is 4. The number of hydrogen-bond donors (Lipinski definition) is 0. The van der Waals surface area contributed by atoms with Gasteiger partial charge in [0, 0.05) is 11.8 Å². The first-order valence-corrected chi connectivity index (χ1v) is 7.00. The average Bonchev–Trinajstić information content (AvgIpc) is 3.01. The van der Waals surface area contributed by atoms with E-state index in [1.807, 2.05) is 0 Å². The van der Waals surface area contributed by atoms with Crippen molar-refractivity contribution in [1.82, 2.24) is 19.7 Å². The van der Waals surface area contributed by atoms with Crippen molar-refractivity contribution in [1.29, 1.82) is 0 Å². The van der Waals surface area contributed by atoms with Crippen LogP contribution in [0.25, 0.3) is 11.5 Å². The summed E-state index contributed by atoms with van der Waals surface area (Å²) in [6, 6.07) is 8.05. The van der Waals surface area contributed by atoms with Gasteiger partial charge in [0.15, 0.2) is 11.0 Å². The minimum atomic E-state index is -0.830. The second-order valence-corrected chi connectivity index (χ2v) is 5.01. The van der Waals surface area contributed by atoms with E-state index in [1.165, 1.54) is 17.9 Å². The van der Waals surface area contributed by atoms with Crippen LogP contribution in [0, 0.1) is 11.6 Å². The number of hydrogen-bond acceptors (Lipinski definition) is 4. The zero-order valence-electron chi connectivity index (χ0n) is 12.0. The Morgan fingerprint density at radius 2 is 1.96 bits per heavy atom. The van der Waals surface area contributed by atoms with Gasteiger partial charge in [-0.15, -0.1) is 0 Å². The van der Waals surface area contributed by atoms with Crippen molar-refractivity contribution in [3.8, 4) is 17.4 Å². The molecule has 23 heavy (non-hydrogen) atoms. The molecule has 1 aromatic carbocycles. The Morgan fingerprint density at radius 3 is 2.70 bits per heavy atom. The predicted octanol–water partition coefficient (Wildman–Crippen LogP) is 3.33. The molecule has 5 nitrogen and oxygen atoms in total. The molecule has 118 valence electrons. The van der Waals surface area contributed by atoms with Crippen molar-refractivity contribution in [2.24, 2.45) is 0 Å². The normalized spacial score (nSPS) is 10.8. The molecular formula is C15H11ClF2N4O. The van der Waals surface area contributed by atoms with Gasteiger partial charge in [0.2, 0.25) is 5.82 Å². The summed E-state index contributed by atoms with van der Waals surface area (Å²) in [5.74, 6) is -1.28. The van der Waals surface area contributed by atoms with Crippen LogP contribution in [0.3, 0.4) is 0 Å². The molecule has 0 unspecified atom stereocenters. The summed E-state index contributed by atoms with van der Waals surface area (Å²) in [7, 11) is 1.28. The topological polar surface area (TPSA) is 52.8 Å². The van der Waals surface area contributed by atoms with Crippen LogP contribution in [-0.4, -0.2) is 26.9 Å². The largest absolute Gasteiger partial charge is 0.479 e. The van der Waals surface area contributed by atoms with E-state index in [-0.39, 0.29) is 29.2 Å².